The monoisotopic (exact) mass is 293 g/mol. The minimum absolute atomic E-state index is 0.00920. The number of nitrogens with one attached hydrogen (secondary N) is 1. The highest BCUT2D eigenvalue weighted by molar-refractivity contribution is 5.92. The fraction of sp³-hybridized carbons (Fsp3) is 0.286. The van der Waals surface area contributed by atoms with E-state index in [1.807, 2.05) is 0 Å². The van der Waals surface area contributed by atoms with Gasteiger partial charge in [0, 0.05) is 23.7 Å². The molecule has 2 unspecified atom stereocenters. The number of aromatic carboxylic acids is 1. The van der Waals surface area contributed by atoms with Crippen molar-refractivity contribution in [1.29, 1.82) is 0 Å². The highest BCUT2D eigenvalue weighted by Crippen LogP contribution is 2.21. The number of carboxylic acid groups (broad SMARTS) is 1. The zero-order chi connectivity index (χ0) is 15.6. The van der Waals surface area contributed by atoms with E-state index in [9.17, 15) is 19.8 Å². The summed E-state index contributed by atoms with van der Waals surface area (Å²) in [6, 6.07) is 4.38. The third-order valence-corrected chi connectivity index (χ3v) is 3.27. The Kier molecular flexibility index (Phi) is 4.37. The van der Waals surface area contributed by atoms with Crippen molar-refractivity contribution in [2.24, 2.45) is 0 Å². The third-order valence-electron chi connectivity index (χ3n) is 3.27. The lowest BCUT2D eigenvalue weighted by atomic mass is 10.00. The van der Waals surface area contributed by atoms with Crippen molar-refractivity contribution in [3.8, 4) is 0 Å². The van der Waals surface area contributed by atoms with Gasteiger partial charge in [-0.2, -0.15) is 0 Å². The van der Waals surface area contributed by atoms with E-state index in [1.54, 1.807) is 0 Å². The first kappa shape index (κ1) is 15.2. The second-order valence-corrected chi connectivity index (χ2v) is 4.67. The van der Waals surface area contributed by atoms with Crippen molar-refractivity contribution in [2.75, 3.05) is 6.61 Å². The van der Waals surface area contributed by atoms with Gasteiger partial charge in [0.15, 0.2) is 0 Å². The Morgan fingerprint density at radius 3 is 2.62 bits per heavy atom. The average molecular weight is 293 g/mol. The molecule has 0 saturated heterocycles. The number of aromatic nitrogens is 1. The summed E-state index contributed by atoms with van der Waals surface area (Å²) < 4.78 is 0. The van der Waals surface area contributed by atoms with Gasteiger partial charge in [-0.05, 0) is 24.1 Å². The van der Waals surface area contributed by atoms with Crippen LogP contribution in [0.1, 0.15) is 28.4 Å². The number of aliphatic hydroxyl groups excluding tert-OH is 3. The summed E-state index contributed by atoms with van der Waals surface area (Å²) in [5, 5.41) is 37.4. The number of aromatic amines is 1. The number of carbonyl (C=O) groups is 1. The van der Waals surface area contributed by atoms with Gasteiger partial charge in [0.1, 0.15) is 11.7 Å². The van der Waals surface area contributed by atoms with Gasteiger partial charge in [-0.3, -0.25) is 4.79 Å². The molecule has 0 spiro atoms. The van der Waals surface area contributed by atoms with Gasteiger partial charge in [-0.1, -0.05) is 6.07 Å². The maximum Gasteiger partial charge on any atom is 0.341 e. The molecule has 1 aromatic heterocycles. The predicted octanol–water partition coefficient (Wildman–Crippen LogP) is 0.00300. The van der Waals surface area contributed by atoms with Gasteiger partial charge in [0.05, 0.1) is 6.10 Å². The fourth-order valence-corrected chi connectivity index (χ4v) is 2.09. The van der Waals surface area contributed by atoms with E-state index in [2.05, 4.69) is 4.98 Å². The van der Waals surface area contributed by atoms with Crippen LogP contribution in [0.25, 0.3) is 10.9 Å². The van der Waals surface area contributed by atoms with Crippen LogP contribution in [-0.4, -0.2) is 44.1 Å². The Labute approximate surface area is 119 Å². The van der Waals surface area contributed by atoms with Gasteiger partial charge in [-0.25, -0.2) is 4.79 Å². The lowest BCUT2D eigenvalue weighted by Crippen LogP contribution is -2.20. The normalized spacial score (nSPS) is 14.0. The van der Waals surface area contributed by atoms with Gasteiger partial charge in [0.2, 0.25) is 5.43 Å². The molecule has 0 bridgehead atoms. The van der Waals surface area contributed by atoms with E-state index in [-0.39, 0.29) is 24.0 Å². The third kappa shape index (κ3) is 2.94. The summed E-state index contributed by atoms with van der Waals surface area (Å²) >= 11 is 0. The SMILES string of the molecule is O=C(O)c1c[nH]c2ccc(C(O)C(O)CCO)cc2c1=O. The van der Waals surface area contributed by atoms with Crippen LogP contribution in [-0.2, 0) is 0 Å². The molecule has 0 amide bonds. The number of H-pyrrole nitrogens is 1. The summed E-state index contributed by atoms with van der Waals surface area (Å²) in [4.78, 5) is 25.7. The van der Waals surface area contributed by atoms with Crippen LogP contribution < -0.4 is 5.43 Å². The molecule has 2 atom stereocenters. The molecule has 112 valence electrons. The molecule has 5 N–H and O–H groups in total. The molecule has 0 fully saturated rings. The maximum absolute atomic E-state index is 12.1. The fourth-order valence-electron chi connectivity index (χ4n) is 2.09. The standard InChI is InChI=1S/C14H15NO6/c16-4-3-11(17)12(18)7-1-2-10-8(5-7)13(19)9(6-15-10)14(20)21/h1-2,5-6,11-12,16-18H,3-4H2,(H,15,19)(H,20,21). The smallest absolute Gasteiger partial charge is 0.341 e. The van der Waals surface area contributed by atoms with E-state index in [0.717, 1.165) is 6.20 Å². The second-order valence-electron chi connectivity index (χ2n) is 4.67. The largest absolute Gasteiger partial charge is 0.477 e. The molecule has 1 heterocycles. The van der Waals surface area contributed by atoms with E-state index in [0.29, 0.717) is 5.52 Å². The Hall–Kier alpha value is -2.22. The van der Waals surface area contributed by atoms with Crippen LogP contribution in [0.3, 0.4) is 0 Å². The molecular formula is C14H15NO6. The quantitative estimate of drug-likeness (QED) is 0.527. The first-order valence-electron chi connectivity index (χ1n) is 6.31. The molecule has 0 aliphatic heterocycles. The average Bonchev–Trinajstić information content (AvgIpc) is 2.46. The van der Waals surface area contributed by atoms with Crippen molar-refractivity contribution in [3.05, 3.63) is 45.7 Å². The number of pyridine rings is 1. The summed E-state index contributed by atoms with van der Waals surface area (Å²) in [5.74, 6) is -1.34. The van der Waals surface area contributed by atoms with Crippen LogP contribution in [0, 0.1) is 0 Å². The molecule has 0 aliphatic rings. The van der Waals surface area contributed by atoms with Crippen LogP contribution >= 0.6 is 0 Å². The number of hydrogen-bond acceptors (Lipinski definition) is 5. The Morgan fingerprint density at radius 1 is 1.29 bits per heavy atom. The minimum atomic E-state index is -1.34. The van der Waals surface area contributed by atoms with Crippen LogP contribution in [0.5, 0.6) is 0 Å². The topological polar surface area (TPSA) is 131 Å². The summed E-state index contributed by atoms with van der Waals surface area (Å²) in [7, 11) is 0. The van der Waals surface area contributed by atoms with E-state index < -0.39 is 29.2 Å². The molecular weight excluding hydrogens is 278 g/mol. The van der Waals surface area contributed by atoms with Gasteiger partial charge in [-0.15, -0.1) is 0 Å². The summed E-state index contributed by atoms with van der Waals surface area (Å²) in [5.41, 5.74) is -0.360. The highest BCUT2D eigenvalue weighted by Gasteiger charge is 2.19. The number of aliphatic hydroxyl groups is 3. The van der Waals surface area contributed by atoms with Crippen LogP contribution in [0.15, 0.2) is 29.2 Å². The molecule has 2 aromatic rings. The Morgan fingerprint density at radius 2 is 2.00 bits per heavy atom. The zero-order valence-corrected chi connectivity index (χ0v) is 11.0. The summed E-state index contributed by atoms with van der Waals surface area (Å²) in [6.45, 7) is -0.282. The van der Waals surface area contributed by atoms with Gasteiger partial charge in [0.25, 0.3) is 0 Å². The van der Waals surface area contributed by atoms with Crippen molar-refractivity contribution in [3.63, 3.8) is 0 Å². The number of hydrogen-bond donors (Lipinski definition) is 5. The molecule has 21 heavy (non-hydrogen) atoms. The first-order valence-corrected chi connectivity index (χ1v) is 6.31. The molecule has 0 saturated carbocycles. The number of carboxylic acids is 1. The second kappa shape index (κ2) is 6.04. The zero-order valence-electron chi connectivity index (χ0n) is 11.0. The van der Waals surface area contributed by atoms with Crippen molar-refractivity contribution < 1.29 is 25.2 Å². The highest BCUT2D eigenvalue weighted by atomic mass is 16.4. The summed E-state index contributed by atoms with van der Waals surface area (Å²) in [6.07, 6.45) is -1.34. The van der Waals surface area contributed by atoms with Crippen LogP contribution in [0.4, 0.5) is 0 Å². The predicted molar refractivity (Wildman–Crippen MR) is 74.2 cm³/mol. The molecule has 0 radical (unpaired) electrons. The van der Waals surface area contributed by atoms with E-state index in [1.165, 1.54) is 18.2 Å². The van der Waals surface area contributed by atoms with Gasteiger partial charge >= 0.3 is 5.97 Å². The molecule has 0 aliphatic carbocycles. The molecule has 2 rings (SSSR count). The van der Waals surface area contributed by atoms with Crippen molar-refractivity contribution in [2.45, 2.75) is 18.6 Å². The molecule has 1 aromatic carbocycles. The number of benzene rings is 1. The first-order chi connectivity index (χ1) is 9.95. The number of rotatable bonds is 5. The number of fused-ring (bicyclic) bond motifs is 1. The van der Waals surface area contributed by atoms with Gasteiger partial charge < -0.3 is 25.4 Å². The minimum Gasteiger partial charge on any atom is -0.477 e. The van der Waals surface area contributed by atoms with E-state index >= 15 is 0 Å². The van der Waals surface area contributed by atoms with E-state index in [4.69, 9.17) is 10.2 Å². The molecule has 7 heteroatoms. The lowest BCUT2D eigenvalue weighted by Gasteiger charge is -2.17. The van der Waals surface area contributed by atoms with Crippen molar-refractivity contribution in [1.82, 2.24) is 4.98 Å². The maximum atomic E-state index is 12.1. The Balaban J connectivity index is 2.52. The molecule has 7 nitrogen and oxygen atoms in total. The Bertz CT molecular complexity index is 723. The lowest BCUT2D eigenvalue weighted by molar-refractivity contribution is 0.00428. The van der Waals surface area contributed by atoms with Crippen molar-refractivity contribution >= 4 is 16.9 Å². The van der Waals surface area contributed by atoms with Crippen LogP contribution in [0.2, 0.25) is 0 Å².